The summed E-state index contributed by atoms with van der Waals surface area (Å²) in [6.07, 6.45) is 1.69. The summed E-state index contributed by atoms with van der Waals surface area (Å²) in [7, 11) is -3.32. The van der Waals surface area contributed by atoms with Crippen LogP contribution < -0.4 is 10.6 Å². The average molecular weight is 308 g/mol. The number of aliphatic carboxylic acids is 1. The molecule has 1 unspecified atom stereocenters. The summed E-state index contributed by atoms with van der Waals surface area (Å²) in [6.45, 7) is 6.44. The lowest BCUT2D eigenvalue weighted by atomic mass is 9.99. The van der Waals surface area contributed by atoms with Crippen LogP contribution in [0.15, 0.2) is 0 Å². The molecular formula is C12H24N2O5S. The molecule has 2 atom stereocenters. The first-order chi connectivity index (χ1) is 8.92. The van der Waals surface area contributed by atoms with Gasteiger partial charge in [-0.25, -0.2) is 18.0 Å². The van der Waals surface area contributed by atoms with Gasteiger partial charge in [-0.1, -0.05) is 20.3 Å². The van der Waals surface area contributed by atoms with Gasteiger partial charge in [0.05, 0.1) is 4.75 Å². The van der Waals surface area contributed by atoms with Crippen LogP contribution in [0.3, 0.4) is 0 Å². The van der Waals surface area contributed by atoms with Crippen molar-refractivity contribution in [2.75, 3.05) is 12.8 Å². The maximum absolute atomic E-state index is 11.7. The molecule has 0 aliphatic carbocycles. The highest BCUT2D eigenvalue weighted by Crippen LogP contribution is 2.13. The Hall–Kier alpha value is -1.31. The number of carboxylic acids is 1. The SMILES string of the molecule is CCC(C)[C@H](NC(=O)NCC(C)(C)S(C)(=O)=O)C(=O)O. The summed E-state index contributed by atoms with van der Waals surface area (Å²) >= 11 is 0. The molecule has 20 heavy (non-hydrogen) atoms. The number of rotatable bonds is 7. The van der Waals surface area contributed by atoms with Gasteiger partial charge in [0.1, 0.15) is 6.04 Å². The Morgan fingerprint density at radius 1 is 1.30 bits per heavy atom. The van der Waals surface area contributed by atoms with Crippen LogP contribution in [0.2, 0.25) is 0 Å². The largest absolute Gasteiger partial charge is 0.480 e. The molecule has 0 saturated heterocycles. The van der Waals surface area contributed by atoms with E-state index in [4.69, 9.17) is 5.11 Å². The van der Waals surface area contributed by atoms with Crippen molar-refractivity contribution in [2.45, 2.75) is 44.9 Å². The van der Waals surface area contributed by atoms with Gasteiger partial charge in [0, 0.05) is 12.8 Å². The number of urea groups is 1. The summed E-state index contributed by atoms with van der Waals surface area (Å²) in [6, 6.07) is -1.68. The van der Waals surface area contributed by atoms with Crippen molar-refractivity contribution in [1.82, 2.24) is 10.6 Å². The van der Waals surface area contributed by atoms with Crippen LogP contribution in [0.5, 0.6) is 0 Å². The van der Waals surface area contributed by atoms with Crippen LogP contribution in [-0.4, -0.2) is 49.1 Å². The number of carboxylic acid groups (broad SMARTS) is 1. The standard InChI is InChI=1S/C12H24N2O5S/c1-6-8(2)9(10(15)16)14-11(17)13-7-12(3,4)20(5,18)19/h8-9H,6-7H2,1-5H3,(H,15,16)(H2,13,14,17)/t8?,9-/m0/s1. The molecule has 118 valence electrons. The molecule has 2 amide bonds. The van der Waals surface area contributed by atoms with E-state index in [9.17, 15) is 18.0 Å². The van der Waals surface area contributed by atoms with Gasteiger partial charge in [-0.15, -0.1) is 0 Å². The molecule has 0 heterocycles. The second-order valence-electron chi connectivity index (χ2n) is 5.56. The molecule has 0 spiro atoms. The van der Waals surface area contributed by atoms with E-state index in [1.807, 2.05) is 6.92 Å². The van der Waals surface area contributed by atoms with Crippen LogP contribution in [-0.2, 0) is 14.6 Å². The fourth-order valence-corrected chi connectivity index (χ4v) is 1.63. The van der Waals surface area contributed by atoms with E-state index in [0.717, 1.165) is 6.26 Å². The molecule has 0 aromatic heterocycles. The smallest absolute Gasteiger partial charge is 0.326 e. The minimum Gasteiger partial charge on any atom is -0.480 e. The van der Waals surface area contributed by atoms with Gasteiger partial charge < -0.3 is 15.7 Å². The van der Waals surface area contributed by atoms with Gasteiger partial charge in [0.2, 0.25) is 0 Å². The minimum atomic E-state index is -3.32. The quantitative estimate of drug-likeness (QED) is 0.638. The molecule has 0 aliphatic rings. The highest BCUT2D eigenvalue weighted by molar-refractivity contribution is 7.92. The normalized spacial score (nSPS) is 15.2. The fraction of sp³-hybridized carbons (Fsp3) is 0.833. The highest BCUT2D eigenvalue weighted by Gasteiger charge is 2.31. The third kappa shape index (κ3) is 5.36. The molecular weight excluding hydrogens is 284 g/mol. The van der Waals surface area contributed by atoms with Crippen molar-refractivity contribution in [2.24, 2.45) is 5.92 Å². The van der Waals surface area contributed by atoms with Gasteiger partial charge in [0.15, 0.2) is 9.84 Å². The van der Waals surface area contributed by atoms with Crippen LogP contribution in [0.1, 0.15) is 34.1 Å². The molecule has 0 fully saturated rings. The van der Waals surface area contributed by atoms with Crippen molar-refractivity contribution in [3.8, 4) is 0 Å². The van der Waals surface area contributed by atoms with Crippen molar-refractivity contribution in [3.05, 3.63) is 0 Å². The number of sulfone groups is 1. The zero-order valence-electron chi connectivity index (χ0n) is 12.6. The van der Waals surface area contributed by atoms with Crippen LogP contribution >= 0.6 is 0 Å². The third-order valence-corrected chi connectivity index (χ3v) is 5.60. The Bertz CT molecular complexity index is 458. The first kappa shape index (κ1) is 18.7. The Labute approximate surface area is 120 Å². The van der Waals surface area contributed by atoms with Crippen molar-refractivity contribution >= 4 is 21.8 Å². The zero-order chi connectivity index (χ0) is 16.1. The lowest BCUT2D eigenvalue weighted by molar-refractivity contribution is -0.140. The van der Waals surface area contributed by atoms with Crippen LogP contribution in [0.25, 0.3) is 0 Å². The number of hydrogen-bond acceptors (Lipinski definition) is 4. The van der Waals surface area contributed by atoms with E-state index in [1.54, 1.807) is 6.92 Å². The van der Waals surface area contributed by atoms with Crippen molar-refractivity contribution in [3.63, 3.8) is 0 Å². The van der Waals surface area contributed by atoms with E-state index in [2.05, 4.69) is 10.6 Å². The molecule has 8 heteroatoms. The van der Waals surface area contributed by atoms with Crippen molar-refractivity contribution < 1.29 is 23.1 Å². The molecule has 0 aromatic carbocycles. The Morgan fingerprint density at radius 2 is 1.80 bits per heavy atom. The molecule has 0 radical (unpaired) electrons. The predicted octanol–water partition coefficient (Wildman–Crippen LogP) is 0.608. The maximum atomic E-state index is 11.7. The number of nitrogens with one attached hydrogen (secondary N) is 2. The van der Waals surface area contributed by atoms with E-state index in [-0.39, 0.29) is 12.5 Å². The Morgan fingerprint density at radius 3 is 2.15 bits per heavy atom. The third-order valence-electron chi connectivity index (χ3n) is 3.44. The van der Waals surface area contributed by atoms with E-state index in [0.29, 0.717) is 6.42 Å². The lowest BCUT2D eigenvalue weighted by Crippen LogP contribution is -2.52. The van der Waals surface area contributed by atoms with Gasteiger partial charge in [-0.3, -0.25) is 0 Å². The van der Waals surface area contributed by atoms with Gasteiger partial charge >= 0.3 is 12.0 Å². The number of hydrogen-bond donors (Lipinski definition) is 3. The summed E-state index contributed by atoms with van der Waals surface area (Å²) < 4.78 is 21.9. The van der Waals surface area contributed by atoms with Crippen LogP contribution in [0, 0.1) is 5.92 Å². The zero-order valence-corrected chi connectivity index (χ0v) is 13.4. The number of amides is 2. The molecule has 0 saturated carbocycles. The first-order valence-electron chi connectivity index (χ1n) is 6.39. The predicted molar refractivity (Wildman–Crippen MR) is 76.3 cm³/mol. The summed E-state index contributed by atoms with van der Waals surface area (Å²) in [5, 5.41) is 13.8. The van der Waals surface area contributed by atoms with Crippen molar-refractivity contribution in [1.29, 1.82) is 0 Å². The molecule has 7 nitrogen and oxygen atoms in total. The van der Waals surface area contributed by atoms with E-state index >= 15 is 0 Å². The van der Waals surface area contributed by atoms with E-state index in [1.165, 1.54) is 13.8 Å². The molecule has 3 N–H and O–H groups in total. The van der Waals surface area contributed by atoms with E-state index < -0.39 is 32.6 Å². The second kappa shape index (κ2) is 6.92. The topological polar surface area (TPSA) is 113 Å². The monoisotopic (exact) mass is 308 g/mol. The van der Waals surface area contributed by atoms with Crippen LogP contribution in [0.4, 0.5) is 4.79 Å². The molecule has 0 aromatic rings. The highest BCUT2D eigenvalue weighted by atomic mass is 32.2. The van der Waals surface area contributed by atoms with Gasteiger partial charge in [-0.2, -0.15) is 0 Å². The Balaban J connectivity index is 4.61. The Kier molecular flexibility index (Phi) is 6.46. The second-order valence-corrected chi connectivity index (χ2v) is 8.21. The molecule has 0 aliphatic heterocycles. The minimum absolute atomic E-state index is 0.0927. The van der Waals surface area contributed by atoms with Gasteiger partial charge in [0.25, 0.3) is 0 Å². The summed E-state index contributed by atoms with van der Waals surface area (Å²) in [4.78, 5) is 22.7. The lowest BCUT2D eigenvalue weighted by Gasteiger charge is -2.24. The summed E-state index contributed by atoms with van der Waals surface area (Å²) in [5.74, 6) is -1.34. The summed E-state index contributed by atoms with van der Waals surface area (Å²) in [5.41, 5.74) is 0. The van der Waals surface area contributed by atoms with Gasteiger partial charge in [-0.05, 0) is 19.8 Å². The number of carbonyl (C=O) groups is 2. The fourth-order valence-electron chi connectivity index (χ4n) is 1.30. The molecule has 0 rings (SSSR count). The maximum Gasteiger partial charge on any atom is 0.326 e. The molecule has 0 bridgehead atoms. The average Bonchev–Trinajstić information content (AvgIpc) is 2.30. The first-order valence-corrected chi connectivity index (χ1v) is 8.28. The number of carbonyl (C=O) groups excluding carboxylic acids is 1.